The van der Waals surface area contributed by atoms with Crippen molar-refractivity contribution < 1.29 is 14.7 Å². The predicted octanol–water partition coefficient (Wildman–Crippen LogP) is 3.20. The predicted molar refractivity (Wildman–Crippen MR) is 88.2 cm³/mol. The highest BCUT2D eigenvalue weighted by molar-refractivity contribution is 5.86. The van der Waals surface area contributed by atoms with E-state index >= 15 is 0 Å². The van der Waals surface area contributed by atoms with Gasteiger partial charge in [0.15, 0.2) is 0 Å². The van der Waals surface area contributed by atoms with Gasteiger partial charge in [-0.1, -0.05) is 36.2 Å². The number of hydrogen-bond donors (Lipinski definition) is 1. The molecule has 1 amide bonds. The standard InChI is InChI=1S/C19H25NO3/c1-12-6-8-13(9-7-12)14-4-3-5-17(14)20(2)18(21)15-10-11-16(15)19(22)23/h6-9,14-17H,3-5,10-11H2,1-2H3,(H,22,23). The number of carbonyl (C=O) groups is 2. The Morgan fingerprint density at radius 3 is 2.26 bits per heavy atom. The first-order chi connectivity index (χ1) is 11.0. The van der Waals surface area contributed by atoms with Crippen LogP contribution in [0.2, 0.25) is 0 Å². The van der Waals surface area contributed by atoms with E-state index in [4.69, 9.17) is 0 Å². The van der Waals surface area contributed by atoms with Gasteiger partial charge in [-0.05, 0) is 38.2 Å². The van der Waals surface area contributed by atoms with Crippen LogP contribution in [0.5, 0.6) is 0 Å². The summed E-state index contributed by atoms with van der Waals surface area (Å²) < 4.78 is 0. The topological polar surface area (TPSA) is 57.6 Å². The maximum atomic E-state index is 12.7. The minimum absolute atomic E-state index is 0.0210. The number of carbonyl (C=O) groups excluding carboxylic acids is 1. The number of likely N-dealkylation sites (N-methyl/N-ethyl adjacent to an activating group) is 1. The van der Waals surface area contributed by atoms with Crippen LogP contribution in [-0.2, 0) is 9.59 Å². The molecule has 0 aliphatic heterocycles. The third kappa shape index (κ3) is 2.99. The summed E-state index contributed by atoms with van der Waals surface area (Å²) >= 11 is 0. The van der Waals surface area contributed by atoms with Crippen LogP contribution in [0.1, 0.15) is 49.1 Å². The number of carboxylic acids is 1. The highest BCUT2D eigenvalue weighted by Crippen LogP contribution is 2.41. The van der Waals surface area contributed by atoms with E-state index in [-0.39, 0.29) is 17.9 Å². The minimum Gasteiger partial charge on any atom is -0.481 e. The number of nitrogens with zero attached hydrogens (tertiary/aromatic N) is 1. The van der Waals surface area contributed by atoms with Crippen molar-refractivity contribution in [1.29, 1.82) is 0 Å². The number of aliphatic carboxylic acids is 1. The summed E-state index contributed by atoms with van der Waals surface area (Å²) in [5.74, 6) is -1.24. The zero-order chi connectivity index (χ0) is 16.6. The Morgan fingerprint density at radius 1 is 1.04 bits per heavy atom. The molecule has 2 aliphatic carbocycles. The van der Waals surface area contributed by atoms with Crippen molar-refractivity contribution in [2.24, 2.45) is 11.8 Å². The second kappa shape index (κ2) is 6.34. The SMILES string of the molecule is Cc1ccc(C2CCCC2N(C)C(=O)C2CCC2C(=O)O)cc1. The third-order valence-corrected chi connectivity index (χ3v) is 5.74. The van der Waals surface area contributed by atoms with E-state index < -0.39 is 11.9 Å². The summed E-state index contributed by atoms with van der Waals surface area (Å²) in [6.45, 7) is 2.08. The number of benzene rings is 1. The molecule has 0 saturated heterocycles. The van der Waals surface area contributed by atoms with E-state index in [9.17, 15) is 14.7 Å². The van der Waals surface area contributed by atoms with Gasteiger partial charge in [0.1, 0.15) is 0 Å². The van der Waals surface area contributed by atoms with Crippen molar-refractivity contribution in [2.45, 2.75) is 51.0 Å². The fourth-order valence-corrected chi connectivity index (χ4v) is 4.12. The normalized spacial score (nSPS) is 29.8. The van der Waals surface area contributed by atoms with Crippen LogP contribution in [0.4, 0.5) is 0 Å². The molecule has 1 aromatic carbocycles. The van der Waals surface area contributed by atoms with Gasteiger partial charge >= 0.3 is 5.97 Å². The molecule has 4 unspecified atom stereocenters. The average molecular weight is 315 g/mol. The van der Waals surface area contributed by atoms with E-state index in [1.165, 1.54) is 11.1 Å². The molecule has 1 aromatic rings. The lowest BCUT2D eigenvalue weighted by molar-refractivity contribution is -0.157. The van der Waals surface area contributed by atoms with Crippen molar-refractivity contribution in [1.82, 2.24) is 4.90 Å². The van der Waals surface area contributed by atoms with Crippen LogP contribution < -0.4 is 0 Å². The molecule has 0 heterocycles. The van der Waals surface area contributed by atoms with Crippen LogP contribution in [-0.4, -0.2) is 35.0 Å². The van der Waals surface area contributed by atoms with Crippen LogP contribution in [0.15, 0.2) is 24.3 Å². The van der Waals surface area contributed by atoms with Crippen LogP contribution in [0.3, 0.4) is 0 Å². The van der Waals surface area contributed by atoms with Gasteiger partial charge < -0.3 is 10.0 Å². The molecule has 2 fully saturated rings. The summed E-state index contributed by atoms with van der Waals surface area (Å²) in [6, 6.07) is 8.78. The summed E-state index contributed by atoms with van der Waals surface area (Å²) in [6.07, 6.45) is 4.56. The largest absolute Gasteiger partial charge is 0.481 e. The van der Waals surface area contributed by atoms with Crippen LogP contribution in [0.25, 0.3) is 0 Å². The zero-order valence-electron chi connectivity index (χ0n) is 13.9. The Morgan fingerprint density at radius 2 is 1.70 bits per heavy atom. The van der Waals surface area contributed by atoms with Gasteiger partial charge in [-0.2, -0.15) is 0 Å². The number of aryl methyl sites for hydroxylation is 1. The van der Waals surface area contributed by atoms with Gasteiger partial charge in [0, 0.05) is 19.0 Å². The quantitative estimate of drug-likeness (QED) is 0.928. The van der Waals surface area contributed by atoms with Crippen molar-refractivity contribution in [3.05, 3.63) is 35.4 Å². The number of rotatable bonds is 4. The van der Waals surface area contributed by atoms with Crippen molar-refractivity contribution in [2.75, 3.05) is 7.05 Å². The fourth-order valence-electron chi connectivity index (χ4n) is 4.12. The van der Waals surface area contributed by atoms with Gasteiger partial charge in [0.05, 0.1) is 11.8 Å². The molecule has 3 rings (SSSR count). The maximum Gasteiger partial charge on any atom is 0.307 e. The fraction of sp³-hybridized carbons (Fsp3) is 0.579. The van der Waals surface area contributed by atoms with E-state index in [2.05, 4.69) is 31.2 Å². The molecule has 23 heavy (non-hydrogen) atoms. The molecule has 0 radical (unpaired) electrons. The second-order valence-corrected chi connectivity index (χ2v) is 7.09. The Balaban J connectivity index is 1.73. The zero-order valence-corrected chi connectivity index (χ0v) is 13.9. The molecule has 0 aromatic heterocycles. The van der Waals surface area contributed by atoms with Gasteiger partial charge in [0.25, 0.3) is 0 Å². The molecule has 2 saturated carbocycles. The Kier molecular flexibility index (Phi) is 4.42. The summed E-state index contributed by atoms with van der Waals surface area (Å²) in [4.78, 5) is 25.8. The molecule has 1 N–H and O–H groups in total. The summed E-state index contributed by atoms with van der Waals surface area (Å²) in [5.41, 5.74) is 2.53. The molecule has 124 valence electrons. The lowest BCUT2D eigenvalue weighted by atomic mass is 9.72. The average Bonchev–Trinajstić information content (AvgIpc) is 2.94. The Hall–Kier alpha value is -1.84. The number of hydrogen-bond acceptors (Lipinski definition) is 2. The first kappa shape index (κ1) is 16.0. The van der Waals surface area contributed by atoms with Gasteiger partial charge in [0.2, 0.25) is 5.91 Å². The molecule has 2 aliphatic rings. The van der Waals surface area contributed by atoms with Crippen molar-refractivity contribution >= 4 is 11.9 Å². The highest BCUT2D eigenvalue weighted by Gasteiger charge is 2.45. The first-order valence-corrected chi connectivity index (χ1v) is 8.55. The smallest absolute Gasteiger partial charge is 0.307 e. The van der Waals surface area contributed by atoms with Gasteiger partial charge in [-0.15, -0.1) is 0 Å². The molecule has 0 bridgehead atoms. The van der Waals surface area contributed by atoms with Crippen molar-refractivity contribution in [3.8, 4) is 0 Å². The minimum atomic E-state index is -0.829. The van der Waals surface area contributed by atoms with Gasteiger partial charge in [-0.25, -0.2) is 0 Å². The number of amides is 1. The van der Waals surface area contributed by atoms with Crippen LogP contribution in [0, 0.1) is 18.8 Å². The summed E-state index contributed by atoms with van der Waals surface area (Å²) in [7, 11) is 1.86. The van der Waals surface area contributed by atoms with Crippen LogP contribution >= 0.6 is 0 Å². The molecule has 0 spiro atoms. The Labute approximate surface area is 137 Å². The Bertz CT molecular complexity index is 595. The van der Waals surface area contributed by atoms with E-state index in [1.54, 1.807) is 0 Å². The molecule has 4 nitrogen and oxygen atoms in total. The second-order valence-electron chi connectivity index (χ2n) is 7.09. The summed E-state index contributed by atoms with van der Waals surface area (Å²) in [5, 5.41) is 9.18. The molecule has 4 heteroatoms. The van der Waals surface area contributed by atoms with E-state index in [1.807, 2.05) is 11.9 Å². The van der Waals surface area contributed by atoms with Crippen molar-refractivity contribution in [3.63, 3.8) is 0 Å². The monoisotopic (exact) mass is 315 g/mol. The maximum absolute atomic E-state index is 12.7. The molecular formula is C19H25NO3. The molecule has 4 atom stereocenters. The lowest BCUT2D eigenvalue weighted by Gasteiger charge is -2.38. The van der Waals surface area contributed by atoms with Gasteiger partial charge in [-0.3, -0.25) is 9.59 Å². The first-order valence-electron chi connectivity index (χ1n) is 8.55. The van der Waals surface area contributed by atoms with E-state index in [0.29, 0.717) is 18.8 Å². The van der Waals surface area contributed by atoms with E-state index in [0.717, 1.165) is 19.3 Å². The lowest BCUT2D eigenvalue weighted by Crippen LogP contribution is -2.48. The number of carboxylic acid groups (broad SMARTS) is 1. The molecular weight excluding hydrogens is 290 g/mol. The third-order valence-electron chi connectivity index (χ3n) is 5.74. The highest BCUT2D eigenvalue weighted by atomic mass is 16.4.